The van der Waals surface area contributed by atoms with E-state index < -0.39 is 11.9 Å². The largest absolute Gasteiger partial charge is 0.478 e. The number of hydrogen-bond acceptors (Lipinski definition) is 3. The highest BCUT2D eigenvalue weighted by molar-refractivity contribution is 6.24. The minimum atomic E-state index is -0.977. The third-order valence-electron chi connectivity index (χ3n) is 4.40. The fourth-order valence-electron chi connectivity index (χ4n) is 3.23. The van der Waals surface area contributed by atoms with Crippen LogP contribution in [0.3, 0.4) is 0 Å². The van der Waals surface area contributed by atoms with Crippen LogP contribution >= 0.6 is 0 Å². The Morgan fingerprint density at radius 3 is 2.46 bits per heavy atom. The van der Waals surface area contributed by atoms with Crippen LogP contribution < -0.4 is 0 Å². The quantitative estimate of drug-likeness (QED) is 0.312. The molecule has 1 N–H and O–H groups in total. The summed E-state index contributed by atoms with van der Waals surface area (Å²) in [7, 11) is 0. The summed E-state index contributed by atoms with van der Waals surface area (Å²) in [5.41, 5.74) is 2.91. The van der Waals surface area contributed by atoms with Crippen molar-refractivity contribution in [1.82, 2.24) is 0 Å². The SMILES string of the molecule is C#COC(=O)C=C.C=C(C(=O)O)C1=Cc2cccc3cc4ccccc4c1c23. The lowest BCUT2D eigenvalue weighted by molar-refractivity contribution is -0.132. The Kier molecular flexibility index (Phi) is 5.10. The van der Waals surface area contributed by atoms with Crippen LogP contribution in [-0.4, -0.2) is 17.0 Å². The fourth-order valence-corrected chi connectivity index (χ4v) is 3.23. The molecule has 3 aromatic rings. The van der Waals surface area contributed by atoms with Crippen molar-refractivity contribution in [3.8, 4) is 12.5 Å². The van der Waals surface area contributed by atoms with E-state index in [1.807, 2.05) is 36.4 Å². The third kappa shape index (κ3) is 3.29. The standard InChI is InChI=1S/C19H12O2.C5H4O2/c1-11(19(20)21)16-10-14-7-4-6-13-9-12-5-2-3-8-15(12)18(16)17(13)14;1-3-5(6)7-4-2/h2-10H,1H2,(H,20,21);2-3H,1H2. The average Bonchev–Trinajstić information content (AvgIpc) is 3.09. The Balaban J connectivity index is 0.000000279. The van der Waals surface area contributed by atoms with Gasteiger partial charge in [0.05, 0.1) is 5.57 Å². The fraction of sp³-hybridized carbons (Fsp3) is 0. The lowest BCUT2D eigenvalue weighted by Crippen LogP contribution is -2.00. The van der Waals surface area contributed by atoms with E-state index in [0.717, 1.165) is 38.7 Å². The van der Waals surface area contributed by atoms with Crippen molar-refractivity contribution < 1.29 is 19.4 Å². The molecule has 1 aliphatic rings. The normalized spacial score (nSPS) is 11.0. The Bertz CT molecular complexity index is 1220. The van der Waals surface area contributed by atoms with Crippen LogP contribution in [-0.2, 0) is 14.3 Å². The van der Waals surface area contributed by atoms with E-state index in [-0.39, 0.29) is 5.57 Å². The molecule has 4 rings (SSSR count). The maximum atomic E-state index is 11.4. The number of terminal acetylenes is 1. The first-order valence-electron chi connectivity index (χ1n) is 8.36. The van der Waals surface area contributed by atoms with Gasteiger partial charge in [0, 0.05) is 6.08 Å². The first-order valence-corrected chi connectivity index (χ1v) is 8.36. The molecule has 0 unspecified atom stereocenters. The molecule has 4 nitrogen and oxygen atoms in total. The summed E-state index contributed by atoms with van der Waals surface area (Å²) >= 11 is 0. The second kappa shape index (κ2) is 7.65. The topological polar surface area (TPSA) is 63.6 Å². The van der Waals surface area contributed by atoms with E-state index in [4.69, 9.17) is 0 Å². The molecular formula is C24H16O4. The molecule has 0 spiro atoms. The minimum absolute atomic E-state index is 0.142. The van der Waals surface area contributed by atoms with Gasteiger partial charge in [0.15, 0.2) is 0 Å². The molecule has 0 heterocycles. The molecule has 0 amide bonds. The van der Waals surface area contributed by atoms with E-state index in [1.165, 1.54) is 0 Å². The summed E-state index contributed by atoms with van der Waals surface area (Å²) in [6.07, 6.45) is 9.19. The molecule has 1 aliphatic carbocycles. The summed E-state index contributed by atoms with van der Waals surface area (Å²) in [5.74, 6) is -1.57. The van der Waals surface area contributed by atoms with E-state index in [0.29, 0.717) is 5.57 Å². The molecule has 136 valence electrons. The highest BCUT2D eigenvalue weighted by atomic mass is 16.5. The monoisotopic (exact) mass is 368 g/mol. The van der Waals surface area contributed by atoms with Gasteiger partial charge in [0.1, 0.15) is 6.11 Å². The Morgan fingerprint density at radius 2 is 1.82 bits per heavy atom. The van der Waals surface area contributed by atoms with E-state index >= 15 is 0 Å². The van der Waals surface area contributed by atoms with Crippen molar-refractivity contribution in [2.45, 2.75) is 0 Å². The maximum absolute atomic E-state index is 11.4. The molecule has 3 aromatic carbocycles. The zero-order chi connectivity index (χ0) is 20.3. The van der Waals surface area contributed by atoms with Gasteiger partial charge in [0.25, 0.3) is 0 Å². The highest BCUT2D eigenvalue weighted by Gasteiger charge is 2.23. The summed E-state index contributed by atoms with van der Waals surface area (Å²) < 4.78 is 3.96. The number of hydrogen-bond donors (Lipinski definition) is 1. The lowest BCUT2D eigenvalue weighted by Gasteiger charge is -2.11. The van der Waals surface area contributed by atoms with Crippen molar-refractivity contribution in [1.29, 1.82) is 0 Å². The molecule has 0 fully saturated rings. The lowest BCUT2D eigenvalue weighted by atomic mass is 9.92. The Morgan fingerprint density at radius 1 is 1.11 bits per heavy atom. The van der Waals surface area contributed by atoms with Crippen LogP contribution in [0.15, 0.2) is 73.3 Å². The maximum Gasteiger partial charge on any atom is 0.344 e. The van der Waals surface area contributed by atoms with Crippen LogP contribution in [0.2, 0.25) is 0 Å². The number of esters is 1. The molecule has 0 aliphatic heterocycles. The number of aliphatic carboxylic acids is 1. The number of carboxylic acids is 1. The number of fused-ring (bicyclic) bond motifs is 2. The molecule has 0 saturated heterocycles. The predicted molar refractivity (Wildman–Crippen MR) is 111 cm³/mol. The molecule has 0 saturated carbocycles. The van der Waals surface area contributed by atoms with Crippen molar-refractivity contribution in [2.24, 2.45) is 0 Å². The van der Waals surface area contributed by atoms with Crippen LogP contribution in [0.25, 0.3) is 33.2 Å². The molecule has 0 atom stereocenters. The number of rotatable bonds is 3. The van der Waals surface area contributed by atoms with Crippen molar-refractivity contribution in [3.05, 3.63) is 84.5 Å². The first kappa shape index (κ1) is 18.7. The zero-order valence-corrected chi connectivity index (χ0v) is 14.9. The predicted octanol–water partition coefficient (Wildman–Crippen LogP) is 4.79. The van der Waals surface area contributed by atoms with E-state index in [1.54, 1.807) is 6.11 Å². The number of carbonyl (C=O) groups excluding carboxylic acids is 1. The summed E-state index contributed by atoms with van der Waals surface area (Å²) in [5, 5.41) is 13.7. The highest BCUT2D eigenvalue weighted by Crippen LogP contribution is 2.43. The first-order chi connectivity index (χ1) is 13.5. The number of ether oxygens (including phenoxy) is 1. The van der Waals surface area contributed by atoms with Crippen LogP contribution in [0.5, 0.6) is 0 Å². The molecule has 0 aromatic heterocycles. The van der Waals surface area contributed by atoms with Gasteiger partial charge in [0.2, 0.25) is 0 Å². The van der Waals surface area contributed by atoms with Crippen LogP contribution in [0.4, 0.5) is 0 Å². The average molecular weight is 368 g/mol. The molecule has 0 bridgehead atoms. The second-order valence-electron chi connectivity index (χ2n) is 6.00. The molecule has 0 radical (unpaired) electrons. The Labute approximate surface area is 162 Å². The van der Waals surface area contributed by atoms with Crippen LogP contribution in [0, 0.1) is 12.5 Å². The summed E-state index contributed by atoms with van der Waals surface area (Å²) in [6.45, 7) is 6.85. The number of carbonyl (C=O) groups is 2. The van der Waals surface area contributed by atoms with E-state index in [9.17, 15) is 14.7 Å². The third-order valence-corrected chi connectivity index (χ3v) is 4.40. The van der Waals surface area contributed by atoms with Gasteiger partial charge in [-0.15, -0.1) is 0 Å². The van der Waals surface area contributed by atoms with Crippen LogP contribution in [0.1, 0.15) is 11.1 Å². The summed E-state index contributed by atoms with van der Waals surface area (Å²) in [6, 6.07) is 16.3. The van der Waals surface area contributed by atoms with Gasteiger partial charge in [-0.1, -0.05) is 62.0 Å². The number of carboxylic acid groups (broad SMARTS) is 1. The van der Waals surface area contributed by atoms with Gasteiger partial charge >= 0.3 is 11.9 Å². The van der Waals surface area contributed by atoms with Gasteiger partial charge < -0.3 is 9.84 Å². The van der Waals surface area contributed by atoms with Gasteiger partial charge in [-0.3, -0.25) is 0 Å². The van der Waals surface area contributed by atoms with Crippen molar-refractivity contribution >= 4 is 45.1 Å². The van der Waals surface area contributed by atoms with Crippen molar-refractivity contribution in [2.75, 3.05) is 0 Å². The van der Waals surface area contributed by atoms with E-state index in [2.05, 4.69) is 42.5 Å². The Hall–Kier alpha value is -4.10. The molecule has 4 heteroatoms. The zero-order valence-electron chi connectivity index (χ0n) is 14.9. The van der Waals surface area contributed by atoms with Crippen molar-refractivity contribution in [3.63, 3.8) is 0 Å². The minimum Gasteiger partial charge on any atom is -0.478 e. The molecule has 28 heavy (non-hydrogen) atoms. The number of benzene rings is 3. The smallest absolute Gasteiger partial charge is 0.344 e. The molecular weight excluding hydrogens is 352 g/mol. The summed E-state index contributed by atoms with van der Waals surface area (Å²) in [4.78, 5) is 21.3. The van der Waals surface area contributed by atoms with Gasteiger partial charge in [-0.25, -0.2) is 9.59 Å². The second-order valence-corrected chi connectivity index (χ2v) is 6.00. The van der Waals surface area contributed by atoms with Gasteiger partial charge in [-0.2, -0.15) is 0 Å². The van der Waals surface area contributed by atoms with Gasteiger partial charge in [-0.05, 0) is 50.4 Å².